The van der Waals surface area contributed by atoms with Crippen molar-refractivity contribution in [3.05, 3.63) is 29.8 Å². The number of rotatable bonds is 5. The maximum Gasteiger partial charge on any atom is 0.255 e. The number of aromatic nitrogens is 1. The van der Waals surface area contributed by atoms with E-state index in [1.165, 1.54) is 18.3 Å². The molecule has 0 unspecified atom stereocenters. The zero-order valence-electron chi connectivity index (χ0n) is 10.9. The Morgan fingerprint density at radius 1 is 1.50 bits per heavy atom. The highest BCUT2D eigenvalue weighted by Gasteiger charge is 2.32. The highest BCUT2D eigenvalue weighted by molar-refractivity contribution is 5.94. The van der Waals surface area contributed by atoms with Crippen molar-refractivity contribution in [2.45, 2.75) is 39.2 Å². The summed E-state index contributed by atoms with van der Waals surface area (Å²) in [5, 5.41) is 0. The summed E-state index contributed by atoms with van der Waals surface area (Å²) < 4.78 is 12.7. The zero-order chi connectivity index (χ0) is 13.1. The van der Waals surface area contributed by atoms with Crippen LogP contribution in [0.5, 0.6) is 0 Å². The predicted molar refractivity (Wildman–Crippen MR) is 67.7 cm³/mol. The number of hydrogen-bond donors (Lipinski definition) is 0. The minimum atomic E-state index is -0.549. The first-order valence-electron chi connectivity index (χ1n) is 6.50. The van der Waals surface area contributed by atoms with E-state index >= 15 is 0 Å². The van der Waals surface area contributed by atoms with Crippen LogP contribution in [-0.4, -0.2) is 28.4 Å². The van der Waals surface area contributed by atoms with Gasteiger partial charge in [-0.05, 0) is 37.3 Å². The molecule has 0 bridgehead atoms. The third kappa shape index (κ3) is 3.28. The molecule has 18 heavy (non-hydrogen) atoms. The SMILES string of the molecule is CC(C)CCN(C(=O)c1ccc(F)nc1)C1CC1. The summed E-state index contributed by atoms with van der Waals surface area (Å²) in [5.74, 6) is 0.00254. The normalized spacial score (nSPS) is 14.9. The summed E-state index contributed by atoms with van der Waals surface area (Å²) in [7, 11) is 0. The summed E-state index contributed by atoms with van der Waals surface area (Å²) in [4.78, 5) is 17.8. The second kappa shape index (κ2) is 5.46. The molecule has 1 saturated carbocycles. The van der Waals surface area contributed by atoms with E-state index in [0.29, 0.717) is 17.5 Å². The Balaban J connectivity index is 2.05. The molecule has 98 valence electrons. The van der Waals surface area contributed by atoms with Gasteiger partial charge in [-0.25, -0.2) is 4.98 Å². The van der Waals surface area contributed by atoms with E-state index in [1.807, 2.05) is 4.90 Å². The summed E-state index contributed by atoms with van der Waals surface area (Å²) >= 11 is 0. The minimum Gasteiger partial charge on any atom is -0.336 e. The van der Waals surface area contributed by atoms with Crippen LogP contribution in [0, 0.1) is 11.9 Å². The van der Waals surface area contributed by atoms with Gasteiger partial charge in [0, 0.05) is 18.8 Å². The third-order valence-corrected chi connectivity index (χ3v) is 3.17. The van der Waals surface area contributed by atoms with Crippen molar-refractivity contribution in [1.29, 1.82) is 0 Å². The Labute approximate surface area is 107 Å². The van der Waals surface area contributed by atoms with E-state index in [4.69, 9.17) is 0 Å². The Kier molecular flexibility index (Phi) is 3.94. The van der Waals surface area contributed by atoms with Crippen LogP contribution in [0.4, 0.5) is 4.39 Å². The largest absolute Gasteiger partial charge is 0.336 e. The lowest BCUT2D eigenvalue weighted by Crippen LogP contribution is -2.34. The molecule has 1 heterocycles. The van der Waals surface area contributed by atoms with Gasteiger partial charge in [0.15, 0.2) is 0 Å². The molecule has 3 nitrogen and oxygen atoms in total. The maximum absolute atomic E-state index is 12.7. The van der Waals surface area contributed by atoms with E-state index in [2.05, 4.69) is 18.8 Å². The average molecular weight is 250 g/mol. The number of halogens is 1. The maximum atomic E-state index is 12.7. The molecule has 2 rings (SSSR count). The molecule has 1 amide bonds. The van der Waals surface area contributed by atoms with Crippen molar-refractivity contribution in [2.75, 3.05) is 6.54 Å². The van der Waals surface area contributed by atoms with E-state index in [0.717, 1.165) is 25.8 Å². The quantitative estimate of drug-likeness (QED) is 0.753. The summed E-state index contributed by atoms with van der Waals surface area (Å²) in [6, 6.07) is 3.12. The van der Waals surface area contributed by atoms with Crippen LogP contribution in [0.1, 0.15) is 43.5 Å². The first kappa shape index (κ1) is 13.0. The molecule has 1 aromatic heterocycles. The molecule has 1 aromatic rings. The lowest BCUT2D eigenvalue weighted by molar-refractivity contribution is 0.0735. The molecule has 0 aliphatic heterocycles. The second-order valence-electron chi connectivity index (χ2n) is 5.28. The van der Waals surface area contributed by atoms with Crippen molar-refractivity contribution in [2.24, 2.45) is 5.92 Å². The molecule has 0 radical (unpaired) electrons. The Morgan fingerprint density at radius 2 is 2.22 bits per heavy atom. The molecular formula is C14H19FN2O. The fraction of sp³-hybridized carbons (Fsp3) is 0.571. The molecule has 1 fully saturated rings. The summed E-state index contributed by atoms with van der Waals surface area (Å²) in [6.07, 6.45) is 4.48. The average Bonchev–Trinajstić information content (AvgIpc) is 3.14. The van der Waals surface area contributed by atoms with Gasteiger partial charge in [-0.3, -0.25) is 4.79 Å². The van der Waals surface area contributed by atoms with Gasteiger partial charge < -0.3 is 4.90 Å². The van der Waals surface area contributed by atoms with Crippen LogP contribution in [0.3, 0.4) is 0 Å². The minimum absolute atomic E-state index is 0.0225. The molecule has 4 heteroatoms. The number of nitrogens with zero attached hydrogens (tertiary/aromatic N) is 2. The Morgan fingerprint density at radius 3 is 2.72 bits per heavy atom. The number of carbonyl (C=O) groups excluding carboxylic acids is 1. The van der Waals surface area contributed by atoms with Crippen LogP contribution in [0.15, 0.2) is 18.3 Å². The van der Waals surface area contributed by atoms with Gasteiger partial charge in [-0.15, -0.1) is 0 Å². The van der Waals surface area contributed by atoms with Gasteiger partial charge in [0.25, 0.3) is 5.91 Å². The second-order valence-corrected chi connectivity index (χ2v) is 5.28. The third-order valence-electron chi connectivity index (χ3n) is 3.17. The number of carbonyl (C=O) groups is 1. The van der Waals surface area contributed by atoms with Gasteiger partial charge in [0.1, 0.15) is 0 Å². The number of pyridine rings is 1. The topological polar surface area (TPSA) is 33.2 Å². The van der Waals surface area contributed by atoms with Crippen LogP contribution in [0.25, 0.3) is 0 Å². The summed E-state index contributed by atoms with van der Waals surface area (Å²) in [6.45, 7) is 5.07. The van der Waals surface area contributed by atoms with E-state index in [-0.39, 0.29) is 5.91 Å². The van der Waals surface area contributed by atoms with Crippen LogP contribution in [0.2, 0.25) is 0 Å². The zero-order valence-corrected chi connectivity index (χ0v) is 10.9. The Bertz CT molecular complexity index is 412. The molecular weight excluding hydrogens is 231 g/mol. The van der Waals surface area contributed by atoms with Gasteiger partial charge in [0.05, 0.1) is 5.56 Å². The molecule has 1 aliphatic carbocycles. The van der Waals surface area contributed by atoms with Crippen molar-refractivity contribution < 1.29 is 9.18 Å². The fourth-order valence-corrected chi connectivity index (χ4v) is 1.90. The van der Waals surface area contributed by atoms with E-state index in [9.17, 15) is 9.18 Å². The lowest BCUT2D eigenvalue weighted by Gasteiger charge is -2.23. The van der Waals surface area contributed by atoms with Crippen molar-refractivity contribution in [3.8, 4) is 0 Å². The number of amides is 1. The molecule has 1 aliphatic rings. The predicted octanol–water partition coefficient (Wildman–Crippen LogP) is 2.87. The number of hydrogen-bond acceptors (Lipinski definition) is 2. The van der Waals surface area contributed by atoms with Crippen molar-refractivity contribution in [3.63, 3.8) is 0 Å². The first-order valence-corrected chi connectivity index (χ1v) is 6.50. The molecule has 0 atom stereocenters. The van der Waals surface area contributed by atoms with Gasteiger partial charge >= 0.3 is 0 Å². The molecule has 0 spiro atoms. The highest BCUT2D eigenvalue weighted by atomic mass is 19.1. The van der Waals surface area contributed by atoms with Crippen molar-refractivity contribution >= 4 is 5.91 Å². The van der Waals surface area contributed by atoms with Gasteiger partial charge in [0.2, 0.25) is 5.95 Å². The van der Waals surface area contributed by atoms with Gasteiger partial charge in [-0.2, -0.15) is 4.39 Å². The van der Waals surface area contributed by atoms with Crippen LogP contribution >= 0.6 is 0 Å². The van der Waals surface area contributed by atoms with Crippen LogP contribution in [-0.2, 0) is 0 Å². The Hall–Kier alpha value is -1.45. The lowest BCUT2D eigenvalue weighted by atomic mass is 10.1. The van der Waals surface area contributed by atoms with E-state index < -0.39 is 5.95 Å². The smallest absolute Gasteiger partial charge is 0.255 e. The monoisotopic (exact) mass is 250 g/mol. The van der Waals surface area contributed by atoms with Crippen molar-refractivity contribution in [1.82, 2.24) is 9.88 Å². The standard InChI is InChI=1S/C14H19FN2O/c1-10(2)7-8-17(12-4-5-12)14(18)11-3-6-13(15)16-9-11/h3,6,9-10,12H,4-5,7-8H2,1-2H3. The summed E-state index contributed by atoms with van der Waals surface area (Å²) in [5.41, 5.74) is 0.479. The highest BCUT2D eigenvalue weighted by Crippen LogP contribution is 2.28. The fourth-order valence-electron chi connectivity index (χ4n) is 1.90. The molecule has 0 saturated heterocycles. The molecule has 0 aromatic carbocycles. The first-order chi connectivity index (χ1) is 8.58. The van der Waals surface area contributed by atoms with Crippen LogP contribution < -0.4 is 0 Å². The van der Waals surface area contributed by atoms with Gasteiger partial charge in [-0.1, -0.05) is 13.8 Å². The molecule has 0 N–H and O–H groups in total. The van der Waals surface area contributed by atoms with E-state index in [1.54, 1.807) is 0 Å².